The van der Waals surface area contributed by atoms with Gasteiger partial charge in [0, 0.05) is 13.2 Å². The summed E-state index contributed by atoms with van der Waals surface area (Å²) in [4.78, 5) is 14.4. The highest BCUT2D eigenvalue weighted by atomic mass is 16.5. The van der Waals surface area contributed by atoms with E-state index in [-0.39, 0.29) is 12.0 Å². The Balaban J connectivity index is 1.78. The SMILES string of the molecule is O=C(CC1CCCO1)N1CCC=Cc2ccccc21. The Kier molecular flexibility index (Phi) is 3.65. The lowest BCUT2D eigenvalue weighted by Gasteiger charge is -2.24. The smallest absolute Gasteiger partial charge is 0.229 e. The number of hydrogen-bond acceptors (Lipinski definition) is 2. The minimum absolute atomic E-state index is 0.121. The molecule has 3 heteroatoms. The molecule has 19 heavy (non-hydrogen) atoms. The molecule has 2 aliphatic rings. The fourth-order valence-electron chi connectivity index (χ4n) is 2.78. The van der Waals surface area contributed by atoms with Crippen LogP contribution in [0.4, 0.5) is 5.69 Å². The number of ether oxygens (including phenoxy) is 1. The number of benzene rings is 1. The maximum Gasteiger partial charge on any atom is 0.229 e. The molecule has 1 atom stereocenters. The quantitative estimate of drug-likeness (QED) is 0.815. The molecule has 3 nitrogen and oxygen atoms in total. The van der Waals surface area contributed by atoms with Crippen molar-refractivity contribution in [1.29, 1.82) is 0 Å². The molecular formula is C16H19NO2. The Hall–Kier alpha value is -1.61. The van der Waals surface area contributed by atoms with Crippen molar-refractivity contribution in [2.45, 2.75) is 31.8 Å². The summed E-state index contributed by atoms with van der Waals surface area (Å²) in [5.41, 5.74) is 2.15. The molecular weight excluding hydrogens is 238 g/mol. The van der Waals surface area contributed by atoms with Gasteiger partial charge in [-0.05, 0) is 30.9 Å². The maximum absolute atomic E-state index is 12.5. The van der Waals surface area contributed by atoms with Gasteiger partial charge in [-0.3, -0.25) is 4.79 Å². The fraction of sp³-hybridized carbons (Fsp3) is 0.438. The number of carbonyl (C=O) groups is 1. The van der Waals surface area contributed by atoms with Crippen molar-refractivity contribution in [1.82, 2.24) is 0 Å². The van der Waals surface area contributed by atoms with Crippen molar-refractivity contribution in [3.05, 3.63) is 35.9 Å². The molecule has 2 aliphatic heterocycles. The number of para-hydroxylation sites is 1. The first-order valence-electron chi connectivity index (χ1n) is 7.02. The highest BCUT2D eigenvalue weighted by molar-refractivity contribution is 5.96. The van der Waals surface area contributed by atoms with Gasteiger partial charge < -0.3 is 9.64 Å². The van der Waals surface area contributed by atoms with E-state index in [9.17, 15) is 4.79 Å². The van der Waals surface area contributed by atoms with Crippen LogP contribution in [0.3, 0.4) is 0 Å². The summed E-state index contributed by atoms with van der Waals surface area (Å²) in [6, 6.07) is 8.09. The molecule has 100 valence electrons. The van der Waals surface area contributed by atoms with Crippen LogP contribution in [-0.2, 0) is 9.53 Å². The van der Waals surface area contributed by atoms with Gasteiger partial charge in [0.2, 0.25) is 5.91 Å². The molecule has 1 amide bonds. The predicted molar refractivity (Wildman–Crippen MR) is 76.0 cm³/mol. The Morgan fingerprint density at radius 2 is 2.26 bits per heavy atom. The molecule has 2 heterocycles. The normalized spacial score (nSPS) is 22.1. The highest BCUT2D eigenvalue weighted by Crippen LogP contribution is 2.27. The Morgan fingerprint density at radius 3 is 3.11 bits per heavy atom. The third-order valence-corrected chi connectivity index (χ3v) is 3.77. The van der Waals surface area contributed by atoms with Crippen molar-refractivity contribution >= 4 is 17.7 Å². The summed E-state index contributed by atoms with van der Waals surface area (Å²) in [7, 11) is 0. The Morgan fingerprint density at radius 1 is 1.37 bits per heavy atom. The molecule has 0 spiro atoms. The van der Waals surface area contributed by atoms with Gasteiger partial charge in [0.1, 0.15) is 0 Å². The molecule has 1 aromatic carbocycles. The zero-order valence-electron chi connectivity index (χ0n) is 11.0. The van der Waals surface area contributed by atoms with Crippen LogP contribution in [-0.4, -0.2) is 25.2 Å². The van der Waals surface area contributed by atoms with E-state index in [1.165, 1.54) is 0 Å². The minimum Gasteiger partial charge on any atom is -0.378 e. The third kappa shape index (κ3) is 2.71. The average molecular weight is 257 g/mol. The summed E-state index contributed by atoms with van der Waals surface area (Å²) >= 11 is 0. The zero-order valence-corrected chi connectivity index (χ0v) is 11.0. The van der Waals surface area contributed by atoms with Crippen LogP contribution in [0.25, 0.3) is 6.08 Å². The van der Waals surface area contributed by atoms with Crippen LogP contribution in [0.15, 0.2) is 30.3 Å². The number of hydrogen-bond donors (Lipinski definition) is 0. The van der Waals surface area contributed by atoms with E-state index in [1.807, 2.05) is 23.1 Å². The van der Waals surface area contributed by atoms with Gasteiger partial charge in [0.15, 0.2) is 0 Å². The summed E-state index contributed by atoms with van der Waals surface area (Å²) in [5.74, 6) is 0.183. The van der Waals surface area contributed by atoms with Crippen molar-refractivity contribution in [3.63, 3.8) is 0 Å². The first kappa shape index (κ1) is 12.4. The number of amides is 1. The fourth-order valence-corrected chi connectivity index (χ4v) is 2.78. The van der Waals surface area contributed by atoms with E-state index in [1.54, 1.807) is 0 Å². The second-order valence-electron chi connectivity index (χ2n) is 5.13. The van der Waals surface area contributed by atoms with Gasteiger partial charge in [-0.25, -0.2) is 0 Å². The van der Waals surface area contributed by atoms with E-state index in [0.717, 1.165) is 43.7 Å². The van der Waals surface area contributed by atoms with Gasteiger partial charge in [-0.1, -0.05) is 30.4 Å². The molecule has 1 fully saturated rings. The first-order chi connectivity index (χ1) is 9.34. The van der Waals surface area contributed by atoms with Crippen LogP contribution in [0.1, 0.15) is 31.2 Å². The highest BCUT2D eigenvalue weighted by Gasteiger charge is 2.24. The summed E-state index contributed by atoms with van der Waals surface area (Å²) < 4.78 is 5.57. The third-order valence-electron chi connectivity index (χ3n) is 3.77. The number of nitrogens with zero attached hydrogens (tertiary/aromatic N) is 1. The van der Waals surface area contributed by atoms with E-state index >= 15 is 0 Å². The van der Waals surface area contributed by atoms with Crippen LogP contribution in [0, 0.1) is 0 Å². The number of rotatable bonds is 2. The van der Waals surface area contributed by atoms with E-state index in [4.69, 9.17) is 4.74 Å². The lowest BCUT2D eigenvalue weighted by molar-refractivity contribution is -0.120. The van der Waals surface area contributed by atoms with Crippen molar-refractivity contribution in [2.75, 3.05) is 18.1 Å². The average Bonchev–Trinajstić information content (AvgIpc) is 2.83. The topological polar surface area (TPSA) is 29.5 Å². The van der Waals surface area contributed by atoms with Gasteiger partial charge in [0.05, 0.1) is 18.2 Å². The molecule has 1 saturated heterocycles. The molecule has 0 radical (unpaired) electrons. The number of anilines is 1. The van der Waals surface area contributed by atoms with Gasteiger partial charge in [-0.2, -0.15) is 0 Å². The first-order valence-corrected chi connectivity index (χ1v) is 7.02. The molecule has 0 bridgehead atoms. The van der Waals surface area contributed by atoms with E-state index < -0.39 is 0 Å². The number of carbonyl (C=O) groups excluding carboxylic acids is 1. The lowest BCUT2D eigenvalue weighted by Crippen LogP contribution is -2.34. The summed E-state index contributed by atoms with van der Waals surface area (Å²) in [6.45, 7) is 1.56. The van der Waals surface area contributed by atoms with Crippen molar-refractivity contribution in [3.8, 4) is 0 Å². The molecule has 0 aromatic heterocycles. The minimum atomic E-state index is 0.121. The zero-order chi connectivity index (χ0) is 13.1. The predicted octanol–water partition coefficient (Wildman–Crippen LogP) is 3.01. The van der Waals surface area contributed by atoms with Crippen LogP contribution in [0.5, 0.6) is 0 Å². The lowest BCUT2D eigenvalue weighted by atomic mass is 10.1. The molecule has 3 rings (SSSR count). The molecule has 0 aliphatic carbocycles. The largest absolute Gasteiger partial charge is 0.378 e. The van der Waals surface area contributed by atoms with Gasteiger partial charge >= 0.3 is 0 Å². The maximum atomic E-state index is 12.5. The Labute approximate surface area is 113 Å². The van der Waals surface area contributed by atoms with Gasteiger partial charge in [-0.15, -0.1) is 0 Å². The molecule has 0 N–H and O–H groups in total. The Bertz CT molecular complexity index is 489. The van der Waals surface area contributed by atoms with Crippen molar-refractivity contribution < 1.29 is 9.53 Å². The number of fused-ring (bicyclic) bond motifs is 1. The van der Waals surface area contributed by atoms with Crippen LogP contribution in [0.2, 0.25) is 0 Å². The summed E-state index contributed by atoms with van der Waals surface area (Å²) in [6.07, 6.45) is 7.87. The summed E-state index contributed by atoms with van der Waals surface area (Å²) in [5, 5.41) is 0. The molecule has 1 unspecified atom stereocenters. The second kappa shape index (κ2) is 5.57. The molecule has 1 aromatic rings. The standard InChI is InChI=1S/C16H19NO2/c18-16(12-14-8-5-11-19-14)17-10-4-3-7-13-6-1-2-9-15(13)17/h1-3,6-7,9,14H,4-5,8,10-12H2. The van der Waals surface area contributed by atoms with Crippen molar-refractivity contribution in [2.24, 2.45) is 0 Å². The van der Waals surface area contributed by atoms with Crippen LogP contribution >= 0.6 is 0 Å². The molecule has 0 saturated carbocycles. The van der Waals surface area contributed by atoms with E-state index in [2.05, 4.69) is 18.2 Å². The van der Waals surface area contributed by atoms with Crippen LogP contribution < -0.4 is 4.90 Å². The van der Waals surface area contributed by atoms with Gasteiger partial charge in [0.25, 0.3) is 0 Å². The monoisotopic (exact) mass is 257 g/mol. The van der Waals surface area contributed by atoms with E-state index in [0.29, 0.717) is 6.42 Å². The second-order valence-corrected chi connectivity index (χ2v) is 5.13.